The SMILES string of the molecule is N#Cc1ccc(CSc2cnc3ccccc3n2)cc1. The summed E-state index contributed by atoms with van der Waals surface area (Å²) in [7, 11) is 0. The maximum Gasteiger partial charge on any atom is 0.115 e. The zero-order valence-electron chi connectivity index (χ0n) is 10.7. The van der Waals surface area contributed by atoms with Crippen LogP contribution in [-0.4, -0.2) is 9.97 Å². The van der Waals surface area contributed by atoms with Crippen LogP contribution in [0.3, 0.4) is 0 Å². The van der Waals surface area contributed by atoms with Crippen molar-refractivity contribution in [1.29, 1.82) is 5.26 Å². The molecular weight excluding hydrogens is 266 g/mol. The number of rotatable bonds is 3. The molecule has 0 N–H and O–H groups in total. The molecule has 3 nitrogen and oxygen atoms in total. The molecule has 0 saturated heterocycles. The highest BCUT2D eigenvalue weighted by molar-refractivity contribution is 7.98. The molecule has 2 aromatic carbocycles. The molecule has 0 fully saturated rings. The van der Waals surface area contributed by atoms with Crippen molar-refractivity contribution in [2.24, 2.45) is 0 Å². The van der Waals surface area contributed by atoms with Gasteiger partial charge in [-0.05, 0) is 29.8 Å². The molecular formula is C16H11N3S. The maximum absolute atomic E-state index is 8.76. The quantitative estimate of drug-likeness (QED) is 0.683. The zero-order valence-corrected chi connectivity index (χ0v) is 11.5. The van der Waals surface area contributed by atoms with Gasteiger partial charge in [-0.2, -0.15) is 5.26 Å². The van der Waals surface area contributed by atoms with Crippen LogP contribution in [0.25, 0.3) is 11.0 Å². The predicted octanol–water partition coefficient (Wildman–Crippen LogP) is 3.79. The van der Waals surface area contributed by atoms with Gasteiger partial charge in [0.25, 0.3) is 0 Å². The summed E-state index contributed by atoms with van der Waals surface area (Å²) in [5, 5.41) is 9.67. The summed E-state index contributed by atoms with van der Waals surface area (Å²) < 4.78 is 0. The van der Waals surface area contributed by atoms with Gasteiger partial charge in [-0.3, -0.25) is 4.98 Å². The Morgan fingerprint density at radius 2 is 1.75 bits per heavy atom. The number of nitriles is 1. The topological polar surface area (TPSA) is 49.6 Å². The van der Waals surface area contributed by atoms with E-state index in [1.165, 1.54) is 5.56 Å². The number of nitrogens with zero attached hydrogens (tertiary/aromatic N) is 3. The molecule has 0 aliphatic carbocycles. The van der Waals surface area contributed by atoms with Crippen molar-refractivity contribution in [3.8, 4) is 6.07 Å². The first-order valence-electron chi connectivity index (χ1n) is 6.19. The number of benzene rings is 2. The lowest BCUT2D eigenvalue weighted by atomic mass is 10.2. The molecule has 0 saturated carbocycles. The van der Waals surface area contributed by atoms with E-state index in [0.29, 0.717) is 5.56 Å². The summed E-state index contributed by atoms with van der Waals surface area (Å²) in [4.78, 5) is 8.97. The zero-order chi connectivity index (χ0) is 13.8. The average molecular weight is 277 g/mol. The Balaban J connectivity index is 1.74. The van der Waals surface area contributed by atoms with Gasteiger partial charge in [-0.15, -0.1) is 11.8 Å². The Bertz CT molecular complexity index is 776. The van der Waals surface area contributed by atoms with Gasteiger partial charge in [-0.25, -0.2) is 4.98 Å². The molecule has 0 atom stereocenters. The van der Waals surface area contributed by atoms with E-state index in [1.807, 2.05) is 48.5 Å². The molecule has 3 rings (SSSR count). The molecule has 96 valence electrons. The largest absolute Gasteiger partial charge is 0.252 e. The summed E-state index contributed by atoms with van der Waals surface area (Å²) >= 11 is 1.65. The van der Waals surface area contributed by atoms with E-state index < -0.39 is 0 Å². The van der Waals surface area contributed by atoms with Crippen LogP contribution in [0.1, 0.15) is 11.1 Å². The minimum Gasteiger partial charge on any atom is -0.252 e. The van der Waals surface area contributed by atoms with Gasteiger partial charge in [-0.1, -0.05) is 24.3 Å². The average Bonchev–Trinajstić information content (AvgIpc) is 2.53. The highest BCUT2D eigenvalue weighted by Crippen LogP contribution is 2.22. The Labute approximate surface area is 121 Å². The summed E-state index contributed by atoms with van der Waals surface area (Å²) in [6.45, 7) is 0. The maximum atomic E-state index is 8.76. The van der Waals surface area contributed by atoms with E-state index in [1.54, 1.807) is 18.0 Å². The van der Waals surface area contributed by atoms with Crippen LogP contribution in [-0.2, 0) is 5.75 Å². The van der Waals surface area contributed by atoms with E-state index in [0.717, 1.165) is 21.8 Å². The normalized spacial score (nSPS) is 10.3. The van der Waals surface area contributed by atoms with Crippen molar-refractivity contribution in [3.05, 3.63) is 65.9 Å². The highest BCUT2D eigenvalue weighted by Gasteiger charge is 2.01. The van der Waals surface area contributed by atoms with E-state index >= 15 is 0 Å². The Morgan fingerprint density at radius 1 is 1.00 bits per heavy atom. The smallest absolute Gasteiger partial charge is 0.115 e. The van der Waals surface area contributed by atoms with Gasteiger partial charge in [0.05, 0.1) is 28.9 Å². The minimum atomic E-state index is 0.684. The Hall–Kier alpha value is -2.38. The number of thioether (sulfide) groups is 1. The molecule has 0 spiro atoms. The molecule has 0 radical (unpaired) electrons. The van der Waals surface area contributed by atoms with Crippen LogP contribution in [0.2, 0.25) is 0 Å². The van der Waals surface area contributed by atoms with Crippen molar-refractivity contribution in [2.45, 2.75) is 10.8 Å². The fourth-order valence-corrected chi connectivity index (χ4v) is 2.64. The Kier molecular flexibility index (Phi) is 3.62. The third kappa shape index (κ3) is 2.79. The fraction of sp³-hybridized carbons (Fsp3) is 0.0625. The monoisotopic (exact) mass is 277 g/mol. The van der Waals surface area contributed by atoms with E-state index in [9.17, 15) is 0 Å². The van der Waals surface area contributed by atoms with Crippen LogP contribution < -0.4 is 0 Å². The van der Waals surface area contributed by atoms with Crippen molar-refractivity contribution in [2.75, 3.05) is 0 Å². The summed E-state index contributed by atoms with van der Waals surface area (Å²) in [5.41, 5.74) is 3.68. The molecule has 1 heterocycles. The van der Waals surface area contributed by atoms with Crippen molar-refractivity contribution >= 4 is 22.8 Å². The molecule has 0 aliphatic rings. The molecule has 3 aromatic rings. The molecule has 1 aromatic heterocycles. The number of hydrogen-bond acceptors (Lipinski definition) is 4. The highest BCUT2D eigenvalue weighted by atomic mass is 32.2. The summed E-state index contributed by atoms with van der Waals surface area (Å²) in [6.07, 6.45) is 1.80. The number of para-hydroxylation sites is 2. The lowest BCUT2D eigenvalue weighted by Crippen LogP contribution is -1.87. The van der Waals surface area contributed by atoms with E-state index in [-0.39, 0.29) is 0 Å². The van der Waals surface area contributed by atoms with E-state index in [4.69, 9.17) is 5.26 Å². The number of fused-ring (bicyclic) bond motifs is 1. The second kappa shape index (κ2) is 5.72. The standard InChI is InChI=1S/C16H11N3S/c17-9-12-5-7-13(8-6-12)11-20-16-10-18-14-3-1-2-4-15(14)19-16/h1-8,10H,11H2. The lowest BCUT2D eigenvalue weighted by molar-refractivity contribution is 1.12. The molecule has 0 bridgehead atoms. The summed E-state index contributed by atoms with van der Waals surface area (Å²) in [6, 6.07) is 17.6. The van der Waals surface area contributed by atoms with Crippen LogP contribution >= 0.6 is 11.8 Å². The molecule has 20 heavy (non-hydrogen) atoms. The molecule has 0 amide bonds. The van der Waals surface area contributed by atoms with Crippen LogP contribution in [0.15, 0.2) is 59.8 Å². The van der Waals surface area contributed by atoms with Crippen LogP contribution in [0.5, 0.6) is 0 Å². The van der Waals surface area contributed by atoms with Gasteiger partial charge in [0.1, 0.15) is 5.03 Å². The van der Waals surface area contributed by atoms with Crippen molar-refractivity contribution in [3.63, 3.8) is 0 Å². The first-order chi connectivity index (χ1) is 9.85. The van der Waals surface area contributed by atoms with Crippen molar-refractivity contribution < 1.29 is 0 Å². The second-order valence-corrected chi connectivity index (χ2v) is 5.29. The van der Waals surface area contributed by atoms with Crippen LogP contribution in [0, 0.1) is 11.3 Å². The van der Waals surface area contributed by atoms with Gasteiger partial charge in [0.2, 0.25) is 0 Å². The minimum absolute atomic E-state index is 0.684. The second-order valence-electron chi connectivity index (χ2n) is 4.29. The fourth-order valence-electron chi connectivity index (χ4n) is 1.84. The molecule has 0 unspecified atom stereocenters. The lowest BCUT2D eigenvalue weighted by Gasteiger charge is -2.03. The first kappa shape index (κ1) is 12.6. The molecule has 0 aliphatic heterocycles. The third-order valence-corrected chi connectivity index (χ3v) is 3.87. The van der Waals surface area contributed by atoms with Gasteiger partial charge < -0.3 is 0 Å². The molecule has 4 heteroatoms. The van der Waals surface area contributed by atoms with Gasteiger partial charge in [0, 0.05) is 5.75 Å². The van der Waals surface area contributed by atoms with E-state index in [2.05, 4.69) is 16.0 Å². The van der Waals surface area contributed by atoms with Gasteiger partial charge >= 0.3 is 0 Å². The van der Waals surface area contributed by atoms with Gasteiger partial charge in [0.15, 0.2) is 0 Å². The Morgan fingerprint density at radius 3 is 2.50 bits per heavy atom. The number of hydrogen-bond donors (Lipinski definition) is 0. The van der Waals surface area contributed by atoms with Crippen molar-refractivity contribution in [1.82, 2.24) is 9.97 Å². The predicted molar refractivity (Wildman–Crippen MR) is 80.3 cm³/mol. The summed E-state index contributed by atoms with van der Waals surface area (Å²) in [5.74, 6) is 0.818. The number of aromatic nitrogens is 2. The first-order valence-corrected chi connectivity index (χ1v) is 7.17. The third-order valence-electron chi connectivity index (χ3n) is 2.90. The van der Waals surface area contributed by atoms with Crippen LogP contribution in [0.4, 0.5) is 0 Å².